The molecule has 0 atom stereocenters. The van der Waals surface area contributed by atoms with Crippen molar-refractivity contribution in [2.24, 2.45) is 5.92 Å². The third-order valence-corrected chi connectivity index (χ3v) is 2.28. The van der Waals surface area contributed by atoms with Crippen LogP contribution in [0.5, 0.6) is 0 Å². The van der Waals surface area contributed by atoms with Crippen LogP contribution in [0.15, 0.2) is 0 Å². The van der Waals surface area contributed by atoms with Crippen molar-refractivity contribution in [3.63, 3.8) is 0 Å². The molecule has 0 aromatic heterocycles. The number of carbonyl (C=O) groups excluding carboxylic acids is 1. The molecule has 1 saturated carbocycles. The van der Waals surface area contributed by atoms with Crippen molar-refractivity contribution in [1.82, 2.24) is 5.32 Å². The minimum absolute atomic E-state index is 0.0805. The van der Waals surface area contributed by atoms with Crippen LogP contribution in [0.1, 0.15) is 32.1 Å². The van der Waals surface area contributed by atoms with Gasteiger partial charge >= 0.3 is 0 Å². The molecule has 1 N–H and O–H groups in total. The maximum Gasteiger partial charge on any atom is 0.223 e. The Balaban J connectivity index is 2.19. The summed E-state index contributed by atoms with van der Waals surface area (Å²) in [6.07, 6.45) is 8.16. The van der Waals surface area contributed by atoms with Gasteiger partial charge in [-0.3, -0.25) is 4.79 Å². The summed E-state index contributed by atoms with van der Waals surface area (Å²) in [4.78, 5) is 10.9. The van der Waals surface area contributed by atoms with Crippen LogP contribution < -0.4 is 5.32 Å². The molecular weight excluding hydrogens is 138 g/mol. The number of rotatable bonds is 2. The van der Waals surface area contributed by atoms with Crippen molar-refractivity contribution in [2.75, 3.05) is 7.05 Å². The lowest BCUT2D eigenvalue weighted by Crippen LogP contribution is -2.23. The smallest absolute Gasteiger partial charge is 0.223 e. The Morgan fingerprint density at radius 2 is 2.00 bits per heavy atom. The van der Waals surface area contributed by atoms with E-state index in [1.807, 2.05) is 6.42 Å². The zero-order valence-corrected chi connectivity index (χ0v) is 7.10. The molecule has 63 valence electrons. The normalized spacial score (nSPS) is 19.7. The SMILES string of the molecule is CNC(=O)[CH]C1CCCCC1. The number of carbonyl (C=O) groups is 1. The van der Waals surface area contributed by atoms with Gasteiger partial charge in [0.1, 0.15) is 0 Å². The van der Waals surface area contributed by atoms with Gasteiger partial charge in [0.15, 0.2) is 0 Å². The van der Waals surface area contributed by atoms with E-state index in [1.165, 1.54) is 32.1 Å². The standard InChI is InChI=1S/C9H16NO/c1-10-9(11)7-8-5-3-2-4-6-8/h7-8H,2-6H2,1H3,(H,10,11). The summed E-state index contributed by atoms with van der Waals surface area (Å²) in [5, 5.41) is 2.62. The Morgan fingerprint density at radius 1 is 1.36 bits per heavy atom. The molecule has 2 heteroatoms. The van der Waals surface area contributed by atoms with E-state index in [0.717, 1.165) is 0 Å². The van der Waals surface area contributed by atoms with Gasteiger partial charge in [-0.05, 0) is 18.8 Å². The predicted molar refractivity (Wildman–Crippen MR) is 44.9 cm³/mol. The number of nitrogens with one attached hydrogen (secondary N) is 1. The van der Waals surface area contributed by atoms with E-state index in [0.29, 0.717) is 5.92 Å². The Labute approximate surface area is 68.4 Å². The van der Waals surface area contributed by atoms with E-state index in [-0.39, 0.29) is 5.91 Å². The molecule has 1 radical (unpaired) electrons. The van der Waals surface area contributed by atoms with Crippen LogP contribution >= 0.6 is 0 Å². The van der Waals surface area contributed by atoms with Crippen molar-refractivity contribution in [3.8, 4) is 0 Å². The van der Waals surface area contributed by atoms with Crippen LogP contribution in [0.3, 0.4) is 0 Å². The van der Waals surface area contributed by atoms with Crippen LogP contribution in [0.2, 0.25) is 0 Å². The second-order valence-corrected chi connectivity index (χ2v) is 3.18. The Kier molecular flexibility index (Phi) is 3.40. The van der Waals surface area contributed by atoms with Crippen molar-refractivity contribution in [2.45, 2.75) is 32.1 Å². The number of hydrogen-bond acceptors (Lipinski definition) is 1. The van der Waals surface area contributed by atoms with Crippen LogP contribution in [-0.4, -0.2) is 13.0 Å². The van der Waals surface area contributed by atoms with Crippen molar-refractivity contribution >= 4 is 5.91 Å². The zero-order valence-electron chi connectivity index (χ0n) is 7.10. The van der Waals surface area contributed by atoms with Gasteiger partial charge in [-0.25, -0.2) is 0 Å². The fourth-order valence-electron chi connectivity index (χ4n) is 1.60. The summed E-state index contributed by atoms with van der Waals surface area (Å²) in [6.45, 7) is 0. The monoisotopic (exact) mass is 154 g/mol. The fraction of sp³-hybridized carbons (Fsp3) is 0.778. The van der Waals surface area contributed by atoms with E-state index in [9.17, 15) is 4.79 Å². The molecule has 1 aliphatic carbocycles. The minimum Gasteiger partial charge on any atom is -0.359 e. The van der Waals surface area contributed by atoms with Crippen molar-refractivity contribution in [1.29, 1.82) is 0 Å². The van der Waals surface area contributed by atoms with Crippen LogP contribution in [0.25, 0.3) is 0 Å². The van der Waals surface area contributed by atoms with Gasteiger partial charge in [-0.2, -0.15) is 0 Å². The highest BCUT2D eigenvalue weighted by Crippen LogP contribution is 2.25. The van der Waals surface area contributed by atoms with Crippen molar-refractivity contribution < 1.29 is 4.79 Å². The largest absolute Gasteiger partial charge is 0.359 e. The van der Waals surface area contributed by atoms with E-state index >= 15 is 0 Å². The average Bonchev–Trinajstić information content (AvgIpc) is 2.06. The van der Waals surface area contributed by atoms with Gasteiger partial charge in [-0.15, -0.1) is 0 Å². The number of amides is 1. The van der Waals surface area contributed by atoms with Crippen LogP contribution in [0, 0.1) is 12.3 Å². The first-order chi connectivity index (χ1) is 5.33. The summed E-state index contributed by atoms with van der Waals surface area (Å²) in [5.41, 5.74) is 0. The lowest BCUT2D eigenvalue weighted by Gasteiger charge is -2.19. The van der Waals surface area contributed by atoms with Gasteiger partial charge in [0, 0.05) is 7.05 Å². The zero-order chi connectivity index (χ0) is 8.10. The van der Waals surface area contributed by atoms with E-state index < -0.39 is 0 Å². The molecule has 0 aliphatic heterocycles. The molecule has 0 unspecified atom stereocenters. The molecule has 1 amide bonds. The summed E-state index contributed by atoms with van der Waals surface area (Å²) in [6, 6.07) is 0. The van der Waals surface area contributed by atoms with Gasteiger partial charge in [-0.1, -0.05) is 19.3 Å². The first-order valence-corrected chi connectivity index (χ1v) is 4.39. The topological polar surface area (TPSA) is 29.1 Å². The summed E-state index contributed by atoms with van der Waals surface area (Å²) in [5.74, 6) is 0.626. The van der Waals surface area contributed by atoms with E-state index in [2.05, 4.69) is 5.32 Å². The van der Waals surface area contributed by atoms with Crippen molar-refractivity contribution in [3.05, 3.63) is 6.42 Å². The van der Waals surface area contributed by atoms with Crippen LogP contribution in [0.4, 0.5) is 0 Å². The second-order valence-electron chi connectivity index (χ2n) is 3.18. The maximum absolute atomic E-state index is 10.9. The molecule has 0 bridgehead atoms. The molecule has 11 heavy (non-hydrogen) atoms. The molecule has 0 aromatic rings. The van der Waals surface area contributed by atoms with E-state index in [4.69, 9.17) is 0 Å². The predicted octanol–water partition coefficient (Wildman–Crippen LogP) is 1.52. The summed E-state index contributed by atoms with van der Waals surface area (Å²) < 4.78 is 0. The molecule has 0 aromatic carbocycles. The van der Waals surface area contributed by atoms with Gasteiger partial charge in [0.05, 0.1) is 6.42 Å². The Morgan fingerprint density at radius 3 is 2.55 bits per heavy atom. The highest BCUT2D eigenvalue weighted by molar-refractivity contribution is 5.84. The average molecular weight is 154 g/mol. The third-order valence-electron chi connectivity index (χ3n) is 2.28. The molecule has 2 nitrogen and oxygen atoms in total. The fourth-order valence-corrected chi connectivity index (χ4v) is 1.60. The Hall–Kier alpha value is -0.530. The summed E-state index contributed by atoms with van der Waals surface area (Å²) >= 11 is 0. The number of hydrogen-bond donors (Lipinski definition) is 1. The highest BCUT2D eigenvalue weighted by Gasteiger charge is 2.16. The minimum atomic E-state index is 0.0805. The molecule has 0 heterocycles. The van der Waals surface area contributed by atoms with Gasteiger partial charge in [0.2, 0.25) is 5.91 Å². The first-order valence-electron chi connectivity index (χ1n) is 4.39. The Bertz CT molecular complexity index is 128. The van der Waals surface area contributed by atoms with Crippen LogP contribution in [-0.2, 0) is 4.79 Å². The molecule has 0 saturated heterocycles. The second kappa shape index (κ2) is 4.37. The quantitative estimate of drug-likeness (QED) is 0.642. The third kappa shape index (κ3) is 2.91. The molecule has 1 aliphatic rings. The molecular formula is C9H16NO. The van der Waals surface area contributed by atoms with Gasteiger partial charge < -0.3 is 5.32 Å². The highest BCUT2D eigenvalue weighted by atomic mass is 16.1. The lowest BCUT2D eigenvalue weighted by atomic mass is 9.87. The van der Waals surface area contributed by atoms with E-state index in [1.54, 1.807) is 7.05 Å². The molecule has 1 rings (SSSR count). The maximum atomic E-state index is 10.9. The molecule has 0 spiro atoms. The summed E-state index contributed by atoms with van der Waals surface area (Å²) in [7, 11) is 1.68. The first kappa shape index (κ1) is 8.57. The molecule has 1 fully saturated rings. The lowest BCUT2D eigenvalue weighted by molar-refractivity contribution is -0.118. The van der Waals surface area contributed by atoms with Gasteiger partial charge in [0.25, 0.3) is 0 Å².